The molecule has 27 heavy (non-hydrogen) atoms. The maximum absolute atomic E-state index is 13.4. The monoisotopic (exact) mass is 363 g/mol. The van der Waals surface area contributed by atoms with Gasteiger partial charge in [0.25, 0.3) is 0 Å². The van der Waals surface area contributed by atoms with Gasteiger partial charge in [-0.05, 0) is 23.6 Å². The van der Waals surface area contributed by atoms with Gasteiger partial charge in [0, 0.05) is 45.3 Å². The van der Waals surface area contributed by atoms with Crippen LogP contribution in [0.15, 0.2) is 54.6 Å². The number of nitrogens with one attached hydrogen (secondary N) is 1. The first-order chi connectivity index (χ1) is 13.1. The van der Waals surface area contributed by atoms with Gasteiger partial charge in [-0.2, -0.15) is 0 Å². The highest BCUT2D eigenvalue weighted by molar-refractivity contribution is 6.09. The van der Waals surface area contributed by atoms with Gasteiger partial charge in [-0.15, -0.1) is 0 Å². The van der Waals surface area contributed by atoms with Crippen molar-refractivity contribution in [3.63, 3.8) is 0 Å². The number of fused-ring (bicyclic) bond motifs is 1. The van der Waals surface area contributed by atoms with Crippen molar-refractivity contribution in [1.82, 2.24) is 10.2 Å². The summed E-state index contributed by atoms with van der Waals surface area (Å²) in [6.45, 7) is 3.02. The number of likely N-dealkylation sites (N-methyl/N-ethyl adjacent to an activating group) is 1. The van der Waals surface area contributed by atoms with Crippen LogP contribution < -0.4 is 10.2 Å². The summed E-state index contributed by atoms with van der Waals surface area (Å²) in [6, 6.07) is 17.9. The highest BCUT2D eigenvalue weighted by atomic mass is 16.2. The molecule has 140 valence electrons. The normalized spacial score (nSPS) is 22.0. The van der Waals surface area contributed by atoms with Gasteiger partial charge in [-0.1, -0.05) is 48.5 Å². The number of nitrogens with zero attached hydrogens (tertiary/aromatic N) is 2. The number of para-hydroxylation sites is 1. The molecule has 0 radical (unpaired) electrons. The van der Waals surface area contributed by atoms with Crippen molar-refractivity contribution in [3.8, 4) is 0 Å². The second-order valence-electron chi connectivity index (χ2n) is 7.43. The van der Waals surface area contributed by atoms with Crippen molar-refractivity contribution in [2.45, 2.75) is 18.3 Å². The molecule has 2 aromatic rings. The van der Waals surface area contributed by atoms with Gasteiger partial charge in [0.15, 0.2) is 0 Å². The minimum absolute atomic E-state index is 0.0102. The number of carbonyl (C=O) groups excluding carboxylic acids is 2. The van der Waals surface area contributed by atoms with Gasteiger partial charge < -0.3 is 15.1 Å². The molecule has 2 aliphatic rings. The van der Waals surface area contributed by atoms with Crippen molar-refractivity contribution in [2.24, 2.45) is 0 Å². The summed E-state index contributed by atoms with van der Waals surface area (Å²) in [4.78, 5) is 30.2. The lowest BCUT2D eigenvalue weighted by molar-refractivity contribution is -0.136. The fourth-order valence-electron chi connectivity index (χ4n) is 4.35. The molecule has 0 aliphatic carbocycles. The van der Waals surface area contributed by atoms with Crippen LogP contribution in [0.3, 0.4) is 0 Å². The first kappa shape index (κ1) is 17.7. The SMILES string of the molecule is CN1C(=O)[C@](CC(=O)N2CCNCC2)(Cc2ccccc2)c2ccccc21. The van der Waals surface area contributed by atoms with Gasteiger partial charge >= 0.3 is 0 Å². The van der Waals surface area contributed by atoms with Gasteiger partial charge in [-0.25, -0.2) is 0 Å². The average Bonchev–Trinajstić information content (AvgIpc) is 2.92. The Morgan fingerprint density at radius 3 is 2.44 bits per heavy atom. The second kappa shape index (κ2) is 7.16. The fourth-order valence-corrected chi connectivity index (χ4v) is 4.35. The molecule has 0 unspecified atom stereocenters. The van der Waals surface area contributed by atoms with Crippen LogP contribution in [0.2, 0.25) is 0 Å². The average molecular weight is 363 g/mol. The van der Waals surface area contributed by atoms with Crippen molar-refractivity contribution >= 4 is 17.5 Å². The molecule has 0 saturated carbocycles. The standard InChI is InChI=1S/C22H25N3O2/c1-24-19-10-6-5-9-18(19)22(21(24)27,15-17-7-3-2-4-8-17)16-20(26)25-13-11-23-12-14-25/h2-10,23H,11-16H2,1H3/t22-/m0/s1. The highest BCUT2D eigenvalue weighted by Gasteiger charge is 2.51. The molecular formula is C22H25N3O2. The van der Waals surface area contributed by atoms with Gasteiger partial charge in [0.05, 0.1) is 5.41 Å². The lowest BCUT2D eigenvalue weighted by atomic mass is 9.73. The van der Waals surface area contributed by atoms with Gasteiger partial charge in [0.2, 0.25) is 11.8 Å². The summed E-state index contributed by atoms with van der Waals surface area (Å²) in [7, 11) is 1.81. The Bertz CT molecular complexity index is 846. The molecule has 1 saturated heterocycles. The molecular weight excluding hydrogens is 338 g/mol. The van der Waals surface area contributed by atoms with Crippen LogP contribution in [0, 0.1) is 0 Å². The predicted octanol–water partition coefficient (Wildman–Crippen LogP) is 1.97. The van der Waals surface area contributed by atoms with E-state index in [9.17, 15) is 9.59 Å². The smallest absolute Gasteiger partial charge is 0.238 e. The van der Waals surface area contributed by atoms with Crippen molar-refractivity contribution in [3.05, 3.63) is 65.7 Å². The number of hydrogen-bond acceptors (Lipinski definition) is 3. The van der Waals surface area contributed by atoms with E-state index in [1.165, 1.54) is 0 Å². The van der Waals surface area contributed by atoms with Gasteiger partial charge in [0.1, 0.15) is 0 Å². The molecule has 2 heterocycles. The molecule has 4 rings (SSSR count). The number of carbonyl (C=O) groups is 2. The molecule has 5 heteroatoms. The van der Waals surface area contributed by atoms with Crippen LogP contribution in [0.25, 0.3) is 0 Å². The summed E-state index contributed by atoms with van der Waals surface area (Å²) in [5.74, 6) is 0.0712. The lowest BCUT2D eigenvalue weighted by Crippen LogP contribution is -2.50. The molecule has 2 amide bonds. The topological polar surface area (TPSA) is 52.7 Å². The molecule has 0 aromatic heterocycles. The van der Waals surface area contributed by atoms with E-state index in [1.807, 2.05) is 66.5 Å². The Morgan fingerprint density at radius 2 is 1.70 bits per heavy atom. The third-order valence-electron chi connectivity index (χ3n) is 5.77. The number of benzene rings is 2. The number of hydrogen-bond donors (Lipinski definition) is 1. The summed E-state index contributed by atoms with van der Waals surface area (Å²) < 4.78 is 0. The van der Waals surface area contributed by atoms with Crippen LogP contribution in [0.1, 0.15) is 17.5 Å². The predicted molar refractivity (Wildman–Crippen MR) is 106 cm³/mol. The van der Waals surface area contributed by atoms with Crippen LogP contribution in [0.4, 0.5) is 5.69 Å². The fraction of sp³-hybridized carbons (Fsp3) is 0.364. The van der Waals surface area contributed by atoms with E-state index in [-0.39, 0.29) is 18.2 Å². The minimum atomic E-state index is -0.839. The summed E-state index contributed by atoms with van der Waals surface area (Å²) in [5.41, 5.74) is 2.11. The quantitative estimate of drug-likeness (QED) is 0.904. The number of amides is 2. The Kier molecular flexibility index (Phi) is 4.70. The molecule has 1 fully saturated rings. The van der Waals surface area contributed by atoms with E-state index in [1.54, 1.807) is 4.90 Å². The molecule has 0 bridgehead atoms. The van der Waals surface area contributed by atoms with E-state index >= 15 is 0 Å². The largest absolute Gasteiger partial charge is 0.340 e. The highest BCUT2D eigenvalue weighted by Crippen LogP contribution is 2.45. The summed E-state index contributed by atoms with van der Waals surface area (Å²) >= 11 is 0. The third-order valence-corrected chi connectivity index (χ3v) is 5.77. The van der Waals surface area contributed by atoms with Gasteiger partial charge in [-0.3, -0.25) is 9.59 Å². The number of piperazine rings is 1. The second-order valence-corrected chi connectivity index (χ2v) is 7.43. The summed E-state index contributed by atoms with van der Waals surface area (Å²) in [6.07, 6.45) is 0.744. The number of anilines is 1. The van der Waals surface area contributed by atoms with E-state index in [0.29, 0.717) is 19.5 Å². The van der Waals surface area contributed by atoms with E-state index in [2.05, 4.69) is 5.32 Å². The minimum Gasteiger partial charge on any atom is -0.340 e. The van der Waals surface area contributed by atoms with E-state index < -0.39 is 5.41 Å². The Balaban J connectivity index is 1.74. The Labute approximate surface area is 160 Å². The zero-order valence-corrected chi connectivity index (χ0v) is 15.6. The van der Waals surface area contributed by atoms with E-state index in [0.717, 1.165) is 29.9 Å². The van der Waals surface area contributed by atoms with Crippen LogP contribution in [-0.2, 0) is 21.4 Å². The molecule has 1 atom stereocenters. The molecule has 0 spiro atoms. The molecule has 2 aliphatic heterocycles. The van der Waals surface area contributed by atoms with Crippen LogP contribution in [0.5, 0.6) is 0 Å². The maximum Gasteiger partial charge on any atom is 0.238 e. The first-order valence-corrected chi connectivity index (χ1v) is 9.52. The van der Waals surface area contributed by atoms with Crippen LogP contribution in [-0.4, -0.2) is 49.9 Å². The summed E-state index contributed by atoms with van der Waals surface area (Å²) in [5, 5.41) is 3.27. The Hall–Kier alpha value is -2.66. The zero-order valence-electron chi connectivity index (χ0n) is 15.6. The van der Waals surface area contributed by atoms with Crippen LogP contribution >= 0.6 is 0 Å². The zero-order chi connectivity index (χ0) is 18.9. The van der Waals surface area contributed by atoms with Crippen molar-refractivity contribution in [1.29, 1.82) is 0 Å². The number of rotatable bonds is 4. The first-order valence-electron chi connectivity index (χ1n) is 9.52. The van der Waals surface area contributed by atoms with E-state index in [4.69, 9.17) is 0 Å². The molecule has 5 nitrogen and oxygen atoms in total. The molecule has 1 N–H and O–H groups in total. The third kappa shape index (κ3) is 3.12. The lowest BCUT2D eigenvalue weighted by Gasteiger charge is -2.33. The van der Waals surface area contributed by atoms with Crippen molar-refractivity contribution in [2.75, 3.05) is 38.1 Å². The Morgan fingerprint density at radius 1 is 1.04 bits per heavy atom. The molecule has 2 aromatic carbocycles. The van der Waals surface area contributed by atoms with Crippen molar-refractivity contribution < 1.29 is 9.59 Å². The maximum atomic E-state index is 13.4.